The van der Waals surface area contributed by atoms with E-state index in [4.69, 9.17) is 22.4 Å². The molecule has 94 valence electrons. The number of rotatable bonds is 4. The number of nitrogens with zero attached hydrogens (tertiary/aromatic N) is 1. The molecule has 17 heavy (non-hydrogen) atoms. The number of aliphatic hydroxyl groups is 1. The van der Waals surface area contributed by atoms with Crippen molar-refractivity contribution < 1.29 is 5.11 Å². The van der Waals surface area contributed by atoms with E-state index in [2.05, 4.69) is 11.0 Å². The van der Waals surface area contributed by atoms with E-state index >= 15 is 0 Å². The fraction of sp³-hybridized carbons (Fsp3) is 0.538. The molecule has 1 aliphatic rings. The van der Waals surface area contributed by atoms with Crippen LogP contribution in [0.15, 0.2) is 18.2 Å². The van der Waals surface area contributed by atoms with E-state index < -0.39 is 0 Å². The first-order valence-corrected chi connectivity index (χ1v) is 6.50. The lowest BCUT2D eigenvalue weighted by atomic mass is 10.1. The summed E-state index contributed by atoms with van der Waals surface area (Å²) in [6.07, 6.45) is 3.12. The van der Waals surface area contributed by atoms with Gasteiger partial charge in [0.05, 0.1) is 0 Å². The summed E-state index contributed by atoms with van der Waals surface area (Å²) in [7, 11) is 0. The van der Waals surface area contributed by atoms with Crippen LogP contribution in [-0.4, -0.2) is 24.3 Å². The molecule has 0 amide bonds. The number of benzene rings is 1. The Labute approximate surface area is 107 Å². The Hall–Kier alpha value is -0.770. The van der Waals surface area contributed by atoms with Gasteiger partial charge in [0.2, 0.25) is 0 Å². The molecule has 2 rings (SSSR count). The van der Waals surface area contributed by atoms with Crippen LogP contribution in [0, 0.1) is 0 Å². The molecule has 0 saturated carbocycles. The largest absolute Gasteiger partial charge is 0.396 e. The topological polar surface area (TPSA) is 49.5 Å². The van der Waals surface area contributed by atoms with Crippen molar-refractivity contribution in [2.75, 3.05) is 18.1 Å². The summed E-state index contributed by atoms with van der Waals surface area (Å²) in [5.74, 6) is 0. The minimum absolute atomic E-state index is 0.236. The van der Waals surface area contributed by atoms with Crippen LogP contribution in [0.5, 0.6) is 0 Å². The number of hydrogen-bond acceptors (Lipinski definition) is 3. The molecule has 3 nitrogen and oxygen atoms in total. The van der Waals surface area contributed by atoms with Gasteiger partial charge < -0.3 is 15.7 Å². The maximum absolute atomic E-state index is 9.10. The first-order valence-electron chi connectivity index (χ1n) is 6.13. The monoisotopic (exact) mass is 254 g/mol. The number of nitrogens with two attached hydrogens (primary N) is 1. The van der Waals surface area contributed by atoms with Crippen LogP contribution in [-0.2, 0) is 6.54 Å². The minimum Gasteiger partial charge on any atom is -0.396 e. The van der Waals surface area contributed by atoms with Crippen molar-refractivity contribution in [2.24, 2.45) is 5.73 Å². The van der Waals surface area contributed by atoms with Crippen LogP contribution in [0.3, 0.4) is 0 Å². The smallest absolute Gasteiger partial charge is 0.0471 e. The molecular weight excluding hydrogens is 236 g/mol. The second-order valence-corrected chi connectivity index (χ2v) is 4.85. The lowest BCUT2D eigenvalue weighted by molar-refractivity contribution is 0.276. The van der Waals surface area contributed by atoms with Crippen molar-refractivity contribution in [1.29, 1.82) is 0 Å². The average molecular weight is 255 g/mol. The molecule has 0 aliphatic carbocycles. The summed E-state index contributed by atoms with van der Waals surface area (Å²) in [5, 5.41) is 9.83. The Morgan fingerprint density at radius 1 is 1.47 bits per heavy atom. The zero-order valence-corrected chi connectivity index (χ0v) is 10.7. The van der Waals surface area contributed by atoms with Crippen LogP contribution < -0.4 is 10.6 Å². The maximum Gasteiger partial charge on any atom is 0.0471 e. The summed E-state index contributed by atoms with van der Waals surface area (Å²) in [4.78, 5) is 2.34. The summed E-state index contributed by atoms with van der Waals surface area (Å²) in [5.41, 5.74) is 7.93. The number of hydrogen-bond donors (Lipinski definition) is 2. The Morgan fingerprint density at radius 2 is 2.29 bits per heavy atom. The zero-order chi connectivity index (χ0) is 12.3. The molecule has 1 aliphatic heterocycles. The Kier molecular flexibility index (Phi) is 4.26. The third kappa shape index (κ3) is 2.57. The third-order valence-corrected chi connectivity index (χ3v) is 3.80. The van der Waals surface area contributed by atoms with Crippen LogP contribution in [0.1, 0.15) is 24.8 Å². The second-order valence-electron chi connectivity index (χ2n) is 4.44. The average Bonchev–Trinajstić information content (AvgIpc) is 2.77. The molecule has 0 radical (unpaired) electrons. The van der Waals surface area contributed by atoms with Crippen LogP contribution in [0.4, 0.5) is 5.69 Å². The highest BCUT2D eigenvalue weighted by atomic mass is 35.5. The summed E-state index contributed by atoms with van der Waals surface area (Å²) in [6.45, 7) is 1.72. The quantitative estimate of drug-likeness (QED) is 0.866. The molecule has 0 aromatic heterocycles. The molecule has 3 N–H and O–H groups in total. The van der Waals surface area contributed by atoms with Gasteiger partial charge in [0.1, 0.15) is 0 Å². The van der Waals surface area contributed by atoms with E-state index in [1.165, 1.54) is 6.42 Å². The number of anilines is 1. The van der Waals surface area contributed by atoms with Crippen molar-refractivity contribution in [3.63, 3.8) is 0 Å². The predicted octanol–water partition coefficient (Wildman–Crippen LogP) is 2.15. The first-order chi connectivity index (χ1) is 8.27. The highest BCUT2D eigenvalue weighted by Crippen LogP contribution is 2.33. The van der Waals surface area contributed by atoms with Crippen LogP contribution >= 0.6 is 11.6 Å². The van der Waals surface area contributed by atoms with Gasteiger partial charge in [-0.2, -0.15) is 0 Å². The van der Waals surface area contributed by atoms with Crippen LogP contribution in [0.2, 0.25) is 5.02 Å². The molecule has 1 heterocycles. The molecule has 1 aromatic rings. The standard InChI is InChI=1S/C13H19ClN2O/c14-12-4-1-5-13(11(12)9-15)16-7-2-3-10(16)6-8-17/h1,4-5,10,17H,2-3,6-9,15H2. The van der Waals surface area contributed by atoms with Gasteiger partial charge in [-0.1, -0.05) is 17.7 Å². The van der Waals surface area contributed by atoms with Gasteiger partial charge in [0.15, 0.2) is 0 Å². The number of aliphatic hydroxyl groups excluding tert-OH is 1. The van der Waals surface area contributed by atoms with Crippen molar-refractivity contribution in [2.45, 2.75) is 31.8 Å². The Morgan fingerprint density at radius 3 is 3.00 bits per heavy atom. The Balaban J connectivity index is 2.29. The molecule has 1 fully saturated rings. The van der Waals surface area contributed by atoms with E-state index in [1.54, 1.807) is 0 Å². The Bertz CT molecular complexity index is 384. The normalized spacial score (nSPS) is 19.9. The molecule has 4 heteroatoms. The van der Waals surface area contributed by atoms with Gasteiger partial charge in [-0.3, -0.25) is 0 Å². The third-order valence-electron chi connectivity index (χ3n) is 3.45. The fourth-order valence-electron chi connectivity index (χ4n) is 2.62. The fourth-order valence-corrected chi connectivity index (χ4v) is 2.87. The summed E-state index contributed by atoms with van der Waals surface area (Å²) >= 11 is 6.18. The first kappa shape index (κ1) is 12.7. The van der Waals surface area contributed by atoms with Gasteiger partial charge in [-0.25, -0.2) is 0 Å². The van der Waals surface area contributed by atoms with E-state index in [1.807, 2.05) is 12.1 Å². The van der Waals surface area contributed by atoms with Crippen LogP contribution in [0.25, 0.3) is 0 Å². The van der Waals surface area contributed by atoms with E-state index in [0.29, 0.717) is 12.6 Å². The SMILES string of the molecule is NCc1c(Cl)cccc1N1CCCC1CCO. The van der Waals surface area contributed by atoms with E-state index in [-0.39, 0.29) is 6.61 Å². The highest BCUT2D eigenvalue weighted by molar-refractivity contribution is 6.31. The van der Waals surface area contributed by atoms with Crippen molar-refractivity contribution in [1.82, 2.24) is 0 Å². The van der Waals surface area contributed by atoms with Gasteiger partial charge >= 0.3 is 0 Å². The summed E-state index contributed by atoms with van der Waals surface area (Å²) in [6, 6.07) is 6.34. The van der Waals surface area contributed by atoms with E-state index in [9.17, 15) is 0 Å². The summed E-state index contributed by atoms with van der Waals surface area (Å²) < 4.78 is 0. The van der Waals surface area contributed by atoms with Gasteiger partial charge in [-0.15, -0.1) is 0 Å². The van der Waals surface area contributed by atoms with E-state index in [0.717, 1.165) is 35.7 Å². The lowest BCUT2D eigenvalue weighted by Crippen LogP contribution is -2.31. The molecular formula is C13H19ClN2O. The molecule has 1 saturated heterocycles. The molecule has 1 aromatic carbocycles. The minimum atomic E-state index is 0.236. The molecule has 1 atom stereocenters. The highest BCUT2D eigenvalue weighted by Gasteiger charge is 2.26. The lowest BCUT2D eigenvalue weighted by Gasteiger charge is -2.28. The molecule has 1 unspecified atom stereocenters. The van der Waals surface area contributed by atoms with Crippen molar-refractivity contribution >= 4 is 17.3 Å². The molecule has 0 spiro atoms. The van der Waals surface area contributed by atoms with Gasteiger partial charge in [-0.05, 0) is 31.4 Å². The maximum atomic E-state index is 9.10. The van der Waals surface area contributed by atoms with Gasteiger partial charge in [0, 0.05) is 42.0 Å². The van der Waals surface area contributed by atoms with Gasteiger partial charge in [0.25, 0.3) is 0 Å². The number of halogens is 1. The predicted molar refractivity (Wildman–Crippen MR) is 71.4 cm³/mol. The molecule has 0 bridgehead atoms. The van der Waals surface area contributed by atoms with Crippen molar-refractivity contribution in [3.05, 3.63) is 28.8 Å². The second kappa shape index (κ2) is 5.71. The zero-order valence-electron chi connectivity index (χ0n) is 9.90. The van der Waals surface area contributed by atoms with Crippen molar-refractivity contribution in [3.8, 4) is 0 Å².